The summed E-state index contributed by atoms with van der Waals surface area (Å²) < 4.78 is 10.2. The molecule has 2 unspecified atom stereocenters. The summed E-state index contributed by atoms with van der Waals surface area (Å²) in [7, 11) is -2.90. The van der Waals surface area contributed by atoms with Crippen LogP contribution in [0.3, 0.4) is 0 Å². The number of hydrogen-bond acceptors (Lipinski definition) is 4. The van der Waals surface area contributed by atoms with E-state index in [-0.39, 0.29) is 0 Å². The monoisotopic (exact) mass is 211 g/mol. The van der Waals surface area contributed by atoms with Crippen molar-refractivity contribution in [3.63, 3.8) is 0 Å². The van der Waals surface area contributed by atoms with Crippen LogP contribution in [0.1, 0.15) is 6.42 Å². The van der Waals surface area contributed by atoms with Crippen LogP contribution < -0.4 is 0 Å². The molecule has 0 fully saturated rings. The molecule has 0 amide bonds. The average Bonchev–Trinajstić information content (AvgIpc) is 1.82. The van der Waals surface area contributed by atoms with Crippen LogP contribution >= 0.6 is 8.03 Å². The van der Waals surface area contributed by atoms with Crippen LogP contribution in [0, 0.1) is 0 Å². The first-order valence-electron chi connectivity index (χ1n) is 3.09. The molecular weight excluding hydrogens is 203 g/mol. The fourth-order valence-electron chi connectivity index (χ4n) is 0.673. The van der Waals surface area contributed by atoms with Crippen LogP contribution in [0.4, 0.5) is 0 Å². The molecule has 0 saturated heterocycles. The van der Waals surface area contributed by atoms with Crippen molar-refractivity contribution < 1.29 is 34.4 Å². The van der Waals surface area contributed by atoms with Crippen LogP contribution in [-0.4, -0.2) is 43.9 Å². The van der Waals surface area contributed by atoms with Crippen LogP contribution in [0.25, 0.3) is 0 Å². The highest BCUT2D eigenvalue weighted by molar-refractivity contribution is 7.38. The van der Waals surface area contributed by atoms with Crippen LogP contribution in [-0.2, 0) is 14.2 Å². The summed E-state index contributed by atoms with van der Waals surface area (Å²) in [6.45, 7) is 0. The van der Waals surface area contributed by atoms with E-state index >= 15 is 0 Å². The first kappa shape index (κ1) is 12.0. The first-order chi connectivity index (χ1) is 5.78. The van der Waals surface area contributed by atoms with Gasteiger partial charge in [-0.2, -0.15) is 4.89 Å². The molecule has 0 spiro atoms. The van der Waals surface area contributed by atoms with Gasteiger partial charge in [-0.1, -0.05) is 0 Å². The third-order valence-electron chi connectivity index (χ3n) is 1.24. The van der Waals surface area contributed by atoms with Crippen molar-refractivity contribution in [2.24, 2.45) is 0 Å². The Labute approximate surface area is 73.5 Å². The molecule has 0 aromatic rings. The minimum Gasteiger partial charge on any atom is -0.481 e. The Balaban J connectivity index is 4.62. The third kappa shape index (κ3) is 3.93. The van der Waals surface area contributed by atoms with E-state index in [1.54, 1.807) is 0 Å². The van der Waals surface area contributed by atoms with Crippen molar-refractivity contribution in [3.8, 4) is 0 Å². The van der Waals surface area contributed by atoms with Gasteiger partial charge in [0.25, 0.3) is 0 Å². The second kappa shape index (κ2) is 4.27. The molecule has 8 heteroatoms. The summed E-state index contributed by atoms with van der Waals surface area (Å²) in [5.74, 6) is -3.38. The van der Waals surface area contributed by atoms with Crippen LogP contribution in [0.2, 0.25) is 0 Å². The van der Waals surface area contributed by atoms with Gasteiger partial charge >= 0.3 is 20.0 Å². The lowest BCUT2D eigenvalue weighted by Crippen LogP contribution is -2.43. The Kier molecular flexibility index (Phi) is 3.93. The summed E-state index contributed by atoms with van der Waals surface area (Å²) in [4.78, 5) is 28.8. The lowest BCUT2D eigenvalue weighted by atomic mass is 10.0. The fourth-order valence-corrected chi connectivity index (χ4v) is 1.37. The molecule has 0 aliphatic heterocycles. The lowest BCUT2D eigenvalue weighted by molar-refractivity contribution is -0.162. The summed E-state index contributed by atoms with van der Waals surface area (Å²) in [6.07, 6.45) is -2.10. The van der Waals surface area contributed by atoms with Gasteiger partial charge in [0.15, 0.2) is 0 Å². The van der Waals surface area contributed by atoms with E-state index in [0.29, 0.717) is 0 Å². The molecule has 0 aliphatic rings. The molecule has 7 nitrogen and oxygen atoms in total. The van der Waals surface area contributed by atoms with E-state index in [0.717, 1.165) is 0 Å². The number of aliphatic carboxylic acids is 2. The summed E-state index contributed by atoms with van der Waals surface area (Å²) in [6, 6.07) is 0. The van der Waals surface area contributed by atoms with Gasteiger partial charge in [-0.15, -0.1) is 0 Å². The number of carbonyl (C=O) groups is 2. The zero-order valence-corrected chi connectivity index (χ0v) is 7.27. The Morgan fingerprint density at radius 3 is 2.00 bits per heavy atom. The Morgan fingerprint density at radius 2 is 1.77 bits per heavy atom. The van der Waals surface area contributed by atoms with Gasteiger partial charge in [0.2, 0.25) is 11.8 Å². The predicted molar refractivity (Wildman–Crippen MR) is 39.5 cm³/mol. The van der Waals surface area contributed by atoms with Gasteiger partial charge in [-0.25, -0.2) is 4.79 Å². The highest BCUT2D eigenvalue weighted by Crippen LogP contribution is 2.24. The van der Waals surface area contributed by atoms with Gasteiger partial charge < -0.3 is 15.3 Å². The van der Waals surface area contributed by atoms with E-state index in [1.807, 2.05) is 0 Å². The summed E-state index contributed by atoms with van der Waals surface area (Å²) in [5.41, 5.74) is -2.67. The molecule has 0 aliphatic carbocycles. The fraction of sp³-hybridized carbons (Fsp3) is 0.600. The lowest BCUT2D eigenvalue weighted by Gasteiger charge is -2.14. The molecule has 13 heavy (non-hydrogen) atoms. The minimum absolute atomic E-state index is 0.996. The Morgan fingerprint density at radius 1 is 1.31 bits per heavy atom. The normalized spacial score (nSPS) is 16.0. The van der Waals surface area contributed by atoms with E-state index in [4.69, 9.17) is 20.2 Å². The SMILES string of the molecule is O=C(O)CC(O)(C[P+](=O)O)C(=O)O. The molecule has 0 rings (SSSR count). The molecule has 0 aromatic carbocycles. The number of rotatable bonds is 5. The van der Waals surface area contributed by atoms with Gasteiger partial charge in [0.1, 0.15) is 0 Å². The summed E-state index contributed by atoms with van der Waals surface area (Å²) in [5, 5.41) is 25.7. The minimum atomic E-state index is -2.90. The van der Waals surface area contributed by atoms with Gasteiger partial charge in [0, 0.05) is 0 Å². The van der Waals surface area contributed by atoms with E-state index < -0.39 is 38.2 Å². The van der Waals surface area contributed by atoms with E-state index in [9.17, 15) is 14.2 Å². The quantitative estimate of drug-likeness (QED) is 0.429. The maximum absolute atomic E-state index is 10.3. The first-order valence-corrected chi connectivity index (χ1v) is 4.49. The highest BCUT2D eigenvalue weighted by Gasteiger charge is 2.45. The number of hydrogen-bond donors (Lipinski definition) is 4. The molecule has 74 valence electrons. The van der Waals surface area contributed by atoms with Crippen molar-refractivity contribution in [3.05, 3.63) is 0 Å². The topological polar surface area (TPSA) is 132 Å². The highest BCUT2D eigenvalue weighted by atomic mass is 31.1. The van der Waals surface area contributed by atoms with Crippen molar-refractivity contribution in [2.75, 3.05) is 6.16 Å². The molecule has 4 N–H and O–H groups in total. The van der Waals surface area contributed by atoms with Crippen molar-refractivity contribution in [1.82, 2.24) is 0 Å². The largest absolute Gasteiger partial charge is 0.509 e. The van der Waals surface area contributed by atoms with Crippen molar-refractivity contribution in [1.29, 1.82) is 0 Å². The molecule has 0 bridgehead atoms. The number of carboxylic acids is 2. The number of carboxylic acid groups (broad SMARTS) is 2. The maximum Gasteiger partial charge on any atom is 0.509 e. The zero-order chi connectivity index (χ0) is 10.6. The van der Waals surface area contributed by atoms with E-state index in [1.165, 1.54) is 0 Å². The molecule has 0 aromatic heterocycles. The van der Waals surface area contributed by atoms with Gasteiger partial charge in [-0.3, -0.25) is 4.79 Å². The Bertz CT molecular complexity index is 231. The maximum atomic E-state index is 10.3. The van der Waals surface area contributed by atoms with Gasteiger partial charge in [0.05, 0.1) is 6.42 Å². The van der Waals surface area contributed by atoms with Crippen molar-refractivity contribution in [2.45, 2.75) is 12.0 Å². The Hall–Kier alpha value is -1.04. The second-order valence-corrected chi connectivity index (χ2v) is 3.44. The van der Waals surface area contributed by atoms with Crippen LogP contribution in [0.5, 0.6) is 0 Å². The summed E-state index contributed by atoms with van der Waals surface area (Å²) >= 11 is 0. The second-order valence-electron chi connectivity index (χ2n) is 2.42. The predicted octanol–water partition coefficient (Wildman–Crippen LogP) is -0.989. The number of aliphatic hydroxyl groups is 1. The van der Waals surface area contributed by atoms with Gasteiger partial charge in [-0.05, 0) is 4.57 Å². The zero-order valence-electron chi connectivity index (χ0n) is 6.38. The van der Waals surface area contributed by atoms with Crippen molar-refractivity contribution >= 4 is 20.0 Å². The van der Waals surface area contributed by atoms with Crippen LogP contribution in [0.15, 0.2) is 0 Å². The average molecular weight is 211 g/mol. The van der Waals surface area contributed by atoms with E-state index in [2.05, 4.69) is 0 Å². The smallest absolute Gasteiger partial charge is 0.481 e. The molecule has 0 saturated carbocycles. The third-order valence-corrected chi connectivity index (χ3v) is 2.03. The molecule has 0 radical (unpaired) electrons. The standard InChI is InChI=1S/C5H7O7P/c6-3(7)1-5(10,4(8)9)2-13(11)12/h10H,1-2H2,(H2-,6,7,8,9,11,12)/p+1. The molecule has 2 atom stereocenters. The molecule has 0 heterocycles. The molecular formula is C5H8O7P+.